The molecule has 1 aliphatic rings. The Hall–Kier alpha value is -1.66. The van der Waals surface area contributed by atoms with Crippen molar-refractivity contribution < 1.29 is 9.90 Å². The molecule has 5 nitrogen and oxygen atoms in total. The molecule has 1 aromatic heterocycles. The standard InChI is InChI=1S/C17H18ClN3O2.ClH/c18-16-6-5-12(17(19)23)13(21-16)8-15(22)14-7-10-3-1-2-4-11(10)9-20-14;/h1-6,14-15,20,22H,7-9H2,(H2,19,23);1H. The van der Waals surface area contributed by atoms with Crippen molar-refractivity contribution in [3.05, 3.63) is 63.9 Å². The minimum absolute atomic E-state index is 0. The molecule has 2 unspecified atom stereocenters. The lowest BCUT2D eigenvalue weighted by atomic mass is 9.91. The van der Waals surface area contributed by atoms with Crippen LogP contribution in [0.4, 0.5) is 0 Å². The van der Waals surface area contributed by atoms with Gasteiger partial charge in [0.2, 0.25) is 0 Å². The van der Waals surface area contributed by atoms with Crippen LogP contribution in [0, 0.1) is 0 Å². The molecule has 0 fully saturated rings. The van der Waals surface area contributed by atoms with Gasteiger partial charge in [-0.2, -0.15) is 0 Å². The van der Waals surface area contributed by atoms with Crippen molar-refractivity contribution in [2.75, 3.05) is 0 Å². The van der Waals surface area contributed by atoms with E-state index in [-0.39, 0.29) is 30.0 Å². The second-order valence-electron chi connectivity index (χ2n) is 5.72. The van der Waals surface area contributed by atoms with E-state index in [9.17, 15) is 9.90 Å². The highest BCUT2D eigenvalue weighted by atomic mass is 35.5. The van der Waals surface area contributed by atoms with Gasteiger partial charge in [0, 0.05) is 19.0 Å². The van der Waals surface area contributed by atoms with E-state index in [4.69, 9.17) is 17.3 Å². The Balaban J connectivity index is 0.00000208. The van der Waals surface area contributed by atoms with Gasteiger partial charge in [0.1, 0.15) is 5.15 Å². The fraction of sp³-hybridized carbons (Fsp3) is 0.294. The van der Waals surface area contributed by atoms with Gasteiger partial charge in [0.15, 0.2) is 0 Å². The van der Waals surface area contributed by atoms with Gasteiger partial charge in [-0.1, -0.05) is 35.9 Å². The quantitative estimate of drug-likeness (QED) is 0.719. The molecule has 1 aromatic carbocycles. The van der Waals surface area contributed by atoms with Gasteiger partial charge in [-0.25, -0.2) is 4.98 Å². The topological polar surface area (TPSA) is 88.2 Å². The molecule has 128 valence electrons. The second-order valence-corrected chi connectivity index (χ2v) is 6.11. The Morgan fingerprint density at radius 1 is 1.33 bits per heavy atom. The molecule has 1 amide bonds. The summed E-state index contributed by atoms with van der Waals surface area (Å²) >= 11 is 5.90. The lowest BCUT2D eigenvalue weighted by Gasteiger charge is -2.30. The van der Waals surface area contributed by atoms with Crippen molar-refractivity contribution in [2.24, 2.45) is 5.73 Å². The summed E-state index contributed by atoms with van der Waals surface area (Å²) < 4.78 is 0. The van der Waals surface area contributed by atoms with Gasteiger partial charge < -0.3 is 16.2 Å². The van der Waals surface area contributed by atoms with Crippen molar-refractivity contribution >= 4 is 29.9 Å². The number of carbonyl (C=O) groups is 1. The van der Waals surface area contributed by atoms with E-state index in [1.807, 2.05) is 12.1 Å². The van der Waals surface area contributed by atoms with Crippen LogP contribution in [-0.4, -0.2) is 28.1 Å². The molecule has 0 radical (unpaired) electrons. The number of nitrogens with zero attached hydrogens (tertiary/aromatic N) is 1. The largest absolute Gasteiger partial charge is 0.391 e. The van der Waals surface area contributed by atoms with Crippen molar-refractivity contribution in [1.29, 1.82) is 0 Å². The second kappa shape index (κ2) is 7.94. The van der Waals surface area contributed by atoms with E-state index < -0.39 is 12.0 Å². The first kappa shape index (κ1) is 18.7. The van der Waals surface area contributed by atoms with E-state index >= 15 is 0 Å². The summed E-state index contributed by atoms with van der Waals surface area (Å²) in [7, 11) is 0. The van der Waals surface area contributed by atoms with Crippen LogP contribution in [0.3, 0.4) is 0 Å². The molecule has 0 spiro atoms. The SMILES string of the molecule is Cl.NC(=O)c1ccc(Cl)nc1CC(O)C1Cc2ccccc2CN1. The number of halogens is 2. The smallest absolute Gasteiger partial charge is 0.250 e. The van der Waals surface area contributed by atoms with Crippen molar-refractivity contribution in [2.45, 2.75) is 31.5 Å². The molecule has 0 aliphatic carbocycles. The average molecular weight is 368 g/mol. The number of rotatable bonds is 4. The maximum absolute atomic E-state index is 11.5. The van der Waals surface area contributed by atoms with E-state index in [2.05, 4.69) is 22.4 Å². The number of primary amides is 1. The van der Waals surface area contributed by atoms with Crippen molar-refractivity contribution in [1.82, 2.24) is 10.3 Å². The zero-order valence-electron chi connectivity index (χ0n) is 12.9. The number of hydrogen-bond acceptors (Lipinski definition) is 4. The Morgan fingerprint density at radius 3 is 2.75 bits per heavy atom. The van der Waals surface area contributed by atoms with Gasteiger partial charge in [0.05, 0.1) is 17.4 Å². The first-order valence-corrected chi connectivity index (χ1v) is 7.86. The molecule has 4 N–H and O–H groups in total. The summed E-state index contributed by atoms with van der Waals surface area (Å²) in [6.45, 7) is 0.712. The van der Waals surface area contributed by atoms with Crippen LogP contribution >= 0.6 is 24.0 Å². The van der Waals surface area contributed by atoms with Gasteiger partial charge in [-0.05, 0) is 29.7 Å². The number of fused-ring (bicyclic) bond motifs is 1. The molecule has 0 bridgehead atoms. The molecular weight excluding hydrogens is 349 g/mol. The molecule has 7 heteroatoms. The summed E-state index contributed by atoms with van der Waals surface area (Å²) in [6.07, 6.45) is 0.259. The Bertz CT molecular complexity index is 740. The lowest BCUT2D eigenvalue weighted by molar-refractivity contribution is 0.0994. The van der Waals surface area contributed by atoms with E-state index in [0.717, 1.165) is 6.42 Å². The number of carbonyl (C=O) groups excluding carboxylic acids is 1. The zero-order chi connectivity index (χ0) is 16.4. The highest BCUT2D eigenvalue weighted by Gasteiger charge is 2.26. The number of aliphatic hydroxyl groups is 1. The first-order valence-electron chi connectivity index (χ1n) is 7.48. The number of aliphatic hydroxyl groups excluding tert-OH is 1. The summed E-state index contributed by atoms with van der Waals surface area (Å²) in [6, 6.07) is 11.1. The molecule has 1 aliphatic heterocycles. The normalized spacial score (nSPS) is 17.5. The number of nitrogens with two attached hydrogens (primary N) is 1. The average Bonchev–Trinajstić information content (AvgIpc) is 2.54. The lowest BCUT2D eigenvalue weighted by Crippen LogP contribution is -2.45. The number of hydrogen-bond donors (Lipinski definition) is 3. The number of nitrogens with one attached hydrogen (secondary N) is 1. The summed E-state index contributed by atoms with van der Waals surface area (Å²) in [5, 5.41) is 14.2. The van der Waals surface area contributed by atoms with Crippen molar-refractivity contribution in [3.8, 4) is 0 Å². The van der Waals surface area contributed by atoms with Crippen LogP contribution in [0.25, 0.3) is 0 Å². The third-order valence-corrected chi connectivity index (χ3v) is 4.40. The van der Waals surface area contributed by atoms with Gasteiger partial charge in [0.25, 0.3) is 5.91 Å². The number of benzene rings is 1. The molecule has 2 atom stereocenters. The zero-order valence-corrected chi connectivity index (χ0v) is 14.5. The highest BCUT2D eigenvalue weighted by molar-refractivity contribution is 6.29. The van der Waals surface area contributed by atoms with E-state index in [0.29, 0.717) is 17.8 Å². The minimum Gasteiger partial charge on any atom is -0.391 e. The molecule has 0 saturated heterocycles. The fourth-order valence-corrected chi connectivity index (χ4v) is 3.11. The molecule has 3 rings (SSSR count). The Kier molecular flexibility index (Phi) is 6.18. The third kappa shape index (κ3) is 4.05. The first-order chi connectivity index (χ1) is 11.0. The number of pyridine rings is 1. The minimum atomic E-state index is -0.688. The summed E-state index contributed by atoms with van der Waals surface area (Å²) in [5.41, 5.74) is 8.56. The van der Waals surface area contributed by atoms with Gasteiger partial charge >= 0.3 is 0 Å². The molecule has 0 saturated carbocycles. The van der Waals surface area contributed by atoms with E-state index in [1.54, 1.807) is 6.07 Å². The molecular formula is C17H19Cl2N3O2. The molecule has 2 heterocycles. The number of amides is 1. The monoisotopic (exact) mass is 367 g/mol. The Morgan fingerprint density at radius 2 is 2.04 bits per heavy atom. The molecule has 2 aromatic rings. The highest BCUT2D eigenvalue weighted by Crippen LogP contribution is 2.20. The van der Waals surface area contributed by atoms with E-state index in [1.165, 1.54) is 17.2 Å². The fourth-order valence-electron chi connectivity index (χ4n) is 2.95. The maximum atomic E-state index is 11.5. The summed E-state index contributed by atoms with van der Waals surface area (Å²) in [5.74, 6) is -0.571. The predicted molar refractivity (Wildman–Crippen MR) is 95.5 cm³/mol. The third-order valence-electron chi connectivity index (χ3n) is 4.19. The summed E-state index contributed by atoms with van der Waals surface area (Å²) in [4.78, 5) is 15.6. The maximum Gasteiger partial charge on any atom is 0.250 e. The Labute approximate surface area is 151 Å². The van der Waals surface area contributed by atoms with Crippen molar-refractivity contribution in [3.63, 3.8) is 0 Å². The predicted octanol–water partition coefficient (Wildman–Crippen LogP) is 1.87. The number of aromatic nitrogens is 1. The van der Waals surface area contributed by atoms with Crippen LogP contribution in [0.2, 0.25) is 5.15 Å². The van der Waals surface area contributed by atoms with Gasteiger partial charge in [-0.15, -0.1) is 12.4 Å². The van der Waals surface area contributed by atoms with Crippen LogP contribution in [-0.2, 0) is 19.4 Å². The molecule has 24 heavy (non-hydrogen) atoms. The van der Waals surface area contributed by atoms with Crippen LogP contribution in [0.15, 0.2) is 36.4 Å². The van der Waals surface area contributed by atoms with Gasteiger partial charge in [-0.3, -0.25) is 4.79 Å². The van der Waals surface area contributed by atoms with Crippen LogP contribution in [0.5, 0.6) is 0 Å². The van der Waals surface area contributed by atoms with Crippen LogP contribution < -0.4 is 11.1 Å². The van der Waals surface area contributed by atoms with Crippen LogP contribution in [0.1, 0.15) is 27.2 Å².